The number of alkyl halides is 3. The normalized spacial score (nSPS) is 21.4. The van der Waals surface area contributed by atoms with Crippen molar-refractivity contribution in [3.8, 4) is 0 Å². The number of nitrogens with zero attached hydrogens (tertiary/aromatic N) is 5. The van der Waals surface area contributed by atoms with Crippen molar-refractivity contribution in [2.45, 2.75) is 31.3 Å². The summed E-state index contributed by atoms with van der Waals surface area (Å²) in [5.41, 5.74) is -0.382. The maximum atomic E-state index is 13.3. The quantitative estimate of drug-likeness (QED) is 0.621. The monoisotopic (exact) mass is 449 g/mol. The Morgan fingerprint density at radius 2 is 1.91 bits per heavy atom. The van der Waals surface area contributed by atoms with Crippen LogP contribution in [0.2, 0.25) is 0 Å². The summed E-state index contributed by atoms with van der Waals surface area (Å²) >= 11 is 0. The number of aliphatic hydroxyl groups excluding tert-OH is 2. The molecule has 2 N–H and O–H groups in total. The Balaban J connectivity index is 1.75. The van der Waals surface area contributed by atoms with Crippen LogP contribution in [-0.4, -0.2) is 61.9 Å². The molecule has 0 spiro atoms. The van der Waals surface area contributed by atoms with Crippen LogP contribution in [0.15, 0.2) is 42.6 Å². The molecule has 3 aromatic rings. The van der Waals surface area contributed by atoms with Crippen LogP contribution in [0.25, 0.3) is 5.52 Å². The number of amides is 2. The van der Waals surface area contributed by atoms with Gasteiger partial charge in [0.05, 0.1) is 11.1 Å². The molecule has 0 saturated carbocycles. The minimum absolute atomic E-state index is 0.0576. The minimum atomic E-state index is -4.73. The second-order valence-corrected chi connectivity index (χ2v) is 7.41. The number of fused-ring (bicyclic) bond motifs is 1. The van der Waals surface area contributed by atoms with Crippen molar-refractivity contribution in [1.82, 2.24) is 14.6 Å². The zero-order valence-electron chi connectivity index (χ0n) is 16.9. The number of anilines is 2. The Kier molecular flexibility index (Phi) is 5.13. The summed E-state index contributed by atoms with van der Waals surface area (Å²) in [6, 6.07) is 6.43. The first-order chi connectivity index (χ1) is 15.0. The summed E-state index contributed by atoms with van der Waals surface area (Å²) in [4.78, 5) is 31.4. The number of hydrogen-bond donors (Lipinski definition) is 2. The van der Waals surface area contributed by atoms with Crippen LogP contribution in [0.5, 0.6) is 0 Å². The number of rotatable bonds is 3. The van der Waals surface area contributed by atoms with E-state index >= 15 is 0 Å². The number of aryl methyl sites for hydroxylation is 1. The van der Waals surface area contributed by atoms with Crippen LogP contribution < -0.4 is 9.80 Å². The lowest BCUT2D eigenvalue weighted by atomic mass is 10.1. The molecule has 3 aromatic heterocycles. The van der Waals surface area contributed by atoms with Crippen molar-refractivity contribution in [3.05, 3.63) is 53.9 Å². The minimum Gasteiger partial charge on any atom is -0.387 e. The van der Waals surface area contributed by atoms with E-state index in [-0.39, 0.29) is 11.5 Å². The van der Waals surface area contributed by atoms with Crippen molar-refractivity contribution in [1.29, 1.82) is 0 Å². The van der Waals surface area contributed by atoms with E-state index in [0.29, 0.717) is 11.0 Å². The lowest BCUT2D eigenvalue weighted by Gasteiger charge is -2.28. The van der Waals surface area contributed by atoms with Crippen LogP contribution in [0.1, 0.15) is 11.3 Å². The smallest absolute Gasteiger partial charge is 0.387 e. The van der Waals surface area contributed by atoms with Crippen molar-refractivity contribution >= 4 is 29.0 Å². The first-order valence-corrected chi connectivity index (χ1v) is 9.46. The number of carbonyl (C=O) groups is 2. The van der Waals surface area contributed by atoms with Gasteiger partial charge in [-0.25, -0.2) is 9.50 Å². The Labute approximate surface area is 179 Å². The first kappa shape index (κ1) is 21.7. The van der Waals surface area contributed by atoms with Gasteiger partial charge in [0.25, 0.3) is 11.8 Å². The molecule has 9 nitrogen and oxygen atoms in total. The molecule has 32 heavy (non-hydrogen) atoms. The maximum Gasteiger partial charge on any atom is 0.416 e. The van der Waals surface area contributed by atoms with Gasteiger partial charge in [-0.1, -0.05) is 0 Å². The molecule has 4 rings (SSSR count). The Morgan fingerprint density at radius 3 is 2.59 bits per heavy atom. The van der Waals surface area contributed by atoms with Crippen LogP contribution >= 0.6 is 0 Å². The zero-order valence-corrected chi connectivity index (χ0v) is 16.9. The molecule has 2 amide bonds. The molecule has 1 aliphatic rings. The fourth-order valence-electron chi connectivity index (χ4n) is 3.60. The van der Waals surface area contributed by atoms with Gasteiger partial charge >= 0.3 is 6.18 Å². The second kappa shape index (κ2) is 7.57. The molecule has 0 unspecified atom stereocenters. The van der Waals surface area contributed by atoms with Gasteiger partial charge < -0.3 is 10.2 Å². The van der Waals surface area contributed by atoms with Crippen LogP contribution in [-0.2, 0) is 15.8 Å². The summed E-state index contributed by atoms with van der Waals surface area (Å²) in [6.07, 6.45) is -6.97. The number of pyridine rings is 1. The van der Waals surface area contributed by atoms with E-state index in [2.05, 4.69) is 10.1 Å². The van der Waals surface area contributed by atoms with Crippen LogP contribution in [0.4, 0.5) is 24.8 Å². The molecule has 0 aliphatic carbocycles. The van der Waals surface area contributed by atoms with Gasteiger partial charge in [-0.2, -0.15) is 13.2 Å². The molecule has 1 fully saturated rings. The topological polar surface area (TPSA) is 111 Å². The molecular weight excluding hydrogens is 431 g/mol. The highest BCUT2D eigenvalue weighted by molar-refractivity contribution is 6.10. The van der Waals surface area contributed by atoms with Crippen molar-refractivity contribution in [2.24, 2.45) is 0 Å². The highest BCUT2D eigenvalue weighted by Crippen LogP contribution is 2.34. The molecule has 4 heterocycles. The van der Waals surface area contributed by atoms with Gasteiger partial charge in [0.1, 0.15) is 18.0 Å². The number of halogens is 3. The highest BCUT2D eigenvalue weighted by atomic mass is 19.4. The van der Waals surface area contributed by atoms with Crippen molar-refractivity contribution < 1.29 is 33.0 Å². The Morgan fingerprint density at radius 1 is 1.19 bits per heavy atom. The van der Waals surface area contributed by atoms with E-state index in [1.165, 1.54) is 24.6 Å². The van der Waals surface area contributed by atoms with E-state index in [9.17, 15) is 33.0 Å². The predicted octanol–water partition coefficient (Wildman–Crippen LogP) is 1.16. The van der Waals surface area contributed by atoms with Crippen molar-refractivity contribution in [2.75, 3.05) is 16.8 Å². The number of likely N-dealkylation sites (N-methyl/N-ethyl adjacent to an activating group) is 1. The largest absolute Gasteiger partial charge is 0.416 e. The lowest BCUT2D eigenvalue weighted by molar-refractivity contribution is -0.137. The molecule has 12 heteroatoms. The van der Waals surface area contributed by atoms with Gasteiger partial charge in [-0.3, -0.25) is 19.4 Å². The van der Waals surface area contributed by atoms with Crippen LogP contribution in [0, 0.1) is 6.92 Å². The van der Waals surface area contributed by atoms with E-state index in [1.54, 1.807) is 24.4 Å². The molecule has 168 valence electrons. The van der Waals surface area contributed by atoms with E-state index in [1.807, 2.05) is 0 Å². The molecule has 0 bridgehead atoms. The molecule has 3 atom stereocenters. The number of aliphatic hydroxyl groups is 2. The number of aromatic nitrogens is 3. The SMILES string of the molecule is Cc1cc(C(F)(F)F)cc(N2C(=O)[C@@H](O)[C@@H](O)[C@H]2C(=O)N(C)c2ccc3cccn3n2)n1. The van der Waals surface area contributed by atoms with Crippen molar-refractivity contribution in [3.63, 3.8) is 0 Å². The average molecular weight is 449 g/mol. The van der Waals surface area contributed by atoms with E-state index < -0.39 is 47.6 Å². The predicted molar refractivity (Wildman–Crippen MR) is 106 cm³/mol. The summed E-state index contributed by atoms with van der Waals surface area (Å²) in [6.45, 7) is 1.30. The van der Waals surface area contributed by atoms with E-state index in [0.717, 1.165) is 16.5 Å². The zero-order chi connectivity index (χ0) is 23.4. The highest BCUT2D eigenvalue weighted by Gasteiger charge is 2.52. The molecule has 0 radical (unpaired) electrons. The molecule has 1 aliphatic heterocycles. The Hall–Kier alpha value is -3.51. The number of hydrogen-bond acceptors (Lipinski definition) is 6. The average Bonchev–Trinajstić information content (AvgIpc) is 3.29. The third-order valence-corrected chi connectivity index (χ3v) is 5.23. The summed E-state index contributed by atoms with van der Waals surface area (Å²) in [5, 5.41) is 24.8. The Bertz CT molecular complexity index is 1210. The van der Waals surface area contributed by atoms with Crippen LogP contribution in [0.3, 0.4) is 0 Å². The molecule has 0 aromatic carbocycles. The summed E-state index contributed by atoms with van der Waals surface area (Å²) in [7, 11) is 1.34. The van der Waals surface area contributed by atoms with Gasteiger partial charge in [-0.15, -0.1) is 5.10 Å². The van der Waals surface area contributed by atoms with Gasteiger partial charge in [0, 0.05) is 18.9 Å². The summed E-state index contributed by atoms with van der Waals surface area (Å²) < 4.78 is 41.3. The molecule has 1 saturated heterocycles. The second-order valence-electron chi connectivity index (χ2n) is 7.41. The maximum absolute atomic E-state index is 13.3. The summed E-state index contributed by atoms with van der Waals surface area (Å²) in [5.74, 6) is -2.34. The number of carbonyl (C=O) groups excluding carboxylic acids is 2. The standard InChI is InChI=1S/C20H18F3N5O4/c1-10-8-11(20(21,22)23)9-14(24-10)28-15(16(29)17(30)19(28)32)18(31)26(2)13-6-5-12-4-3-7-27(12)25-13/h3-9,15-17,29-30H,1-2H3/t15-,16-,17-/m0/s1. The van der Waals surface area contributed by atoms with Gasteiger partial charge in [0.15, 0.2) is 11.9 Å². The lowest BCUT2D eigenvalue weighted by Crippen LogP contribution is -2.50. The van der Waals surface area contributed by atoms with Gasteiger partial charge in [0.2, 0.25) is 0 Å². The first-order valence-electron chi connectivity index (χ1n) is 9.46. The molecular formula is C20H18F3N5O4. The van der Waals surface area contributed by atoms with E-state index in [4.69, 9.17) is 0 Å². The third-order valence-electron chi connectivity index (χ3n) is 5.23. The third kappa shape index (κ3) is 3.56. The fraction of sp³-hybridized carbons (Fsp3) is 0.300. The fourth-order valence-corrected chi connectivity index (χ4v) is 3.60. The van der Waals surface area contributed by atoms with Gasteiger partial charge in [-0.05, 0) is 43.3 Å².